The van der Waals surface area contributed by atoms with Crippen LogP contribution in [0.4, 0.5) is 11.4 Å². The molecule has 1 atom stereocenters. The number of aromatic nitrogens is 1. The lowest BCUT2D eigenvalue weighted by Gasteiger charge is -2.13. The number of rotatable bonds is 4. The summed E-state index contributed by atoms with van der Waals surface area (Å²) in [5.74, 6) is 0. The molecule has 1 fully saturated rings. The highest BCUT2D eigenvalue weighted by molar-refractivity contribution is 5.97. The molecule has 2 aromatic rings. The largest absolute Gasteiger partial charge is 0.397 e. The lowest BCUT2D eigenvalue weighted by Crippen LogP contribution is -2.12. The van der Waals surface area contributed by atoms with Gasteiger partial charge in [-0.05, 0) is 31.4 Å². The number of benzene rings is 1. The number of pyridine rings is 1. The minimum Gasteiger partial charge on any atom is -0.397 e. The Hall–Kier alpha value is -1.81. The maximum absolute atomic E-state index is 5.94. The molecule has 0 saturated carbocycles. The lowest BCUT2D eigenvalue weighted by atomic mass is 10.1. The molecule has 4 heteroatoms. The number of nitrogens with zero attached hydrogens (tertiary/aromatic N) is 1. The van der Waals surface area contributed by atoms with Crippen LogP contribution in [-0.4, -0.2) is 24.2 Å². The van der Waals surface area contributed by atoms with Gasteiger partial charge in [0.05, 0.1) is 17.3 Å². The molecule has 0 spiro atoms. The van der Waals surface area contributed by atoms with Crippen molar-refractivity contribution in [3.63, 3.8) is 0 Å². The fourth-order valence-electron chi connectivity index (χ4n) is 2.59. The molecule has 1 saturated heterocycles. The van der Waals surface area contributed by atoms with Crippen LogP contribution in [0.3, 0.4) is 0 Å². The van der Waals surface area contributed by atoms with Gasteiger partial charge in [-0.15, -0.1) is 0 Å². The predicted molar refractivity (Wildman–Crippen MR) is 78.2 cm³/mol. The van der Waals surface area contributed by atoms with Gasteiger partial charge in [0.1, 0.15) is 0 Å². The third-order valence-corrected chi connectivity index (χ3v) is 3.61. The van der Waals surface area contributed by atoms with E-state index in [1.54, 1.807) is 6.20 Å². The van der Waals surface area contributed by atoms with Crippen LogP contribution < -0.4 is 11.1 Å². The lowest BCUT2D eigenvalue weighted by molar-refractivity contribution is 0.107. The number of nitrogens with two attached hydrogens (primary N) is 1. The van der Waals surface area contributed by atoms with Crippen molar-refractivity contribution in [1.29, 1.82) is 0 Å². The van der Waals surface area contributed by atoms with Gasteiger partial charge in [0.2, 0.25) is 0 Å². The maximum atomic E-state index is 5.94. The molecule has 1 aliphatic heterocycles. The Morgan fingerprint density at radius 1 is 1.37 bits per heavy atom. The Kier molecular flexibility index (Phi) is 3.51. The van der Waals surface area contributed by atoms with Gasteiger partial charge in [0, 0.05) is 30.4 Å². The van der Waals surface area contributed by atoms with Gasteiger partial charge in [0.15, 0.2) is 0 Å². The van der Waals surface area contributed by atoms with Gasteiger partial charge >= 0.3 is 0 Å². The van der Waals surface area contributed by atoms with E-state index in [0.29, 0.717) is 6.10 Å². The standard InChI is InChI=1S/C15H19N3O/c16-13-5-1-4-12-14(7-9-18-15(12)13)17-8-6-11-3-2-10-19-11/h1,4-5,7,9,11H,2-3,6,8,10,16H2,(H,17,18). The molecule has 1 aliphatic rings. The number of ether oxygens (including phenoxy) is 1. The average Bonchev–Trinajstić information content (AvgIpc) is 2.93. The second kappa shape index (κ2) is 5.45. The summed E-state index contributed by atoms with van der Waals surface area (Å²) in [5, 5.41) is 4.54. The van der Waals surface area contributed by atoms with E-state index in [1.807, 2.05) is 24.3 Å². The molecule has 19 heavy (non-hydrogen) atoms. The fourth-order valence-corrected chi connectivity index (χ4v) is 2.59. The molecule has 1 unspecified atom stereocenters. The number of para-hydroxylation sites is 1. The Bertz CT molecular complexity index is 564. The number of nitrogen functional groups attached to an aromatic ring is 1. The van der Waals surface area contributed by atoms with Crippen molar-refractivity contribution < 1.29 is 4.74 Å². The minimum absolute atomic E-state index is 0.422. The SMILES string of the molecule is Nc1cccc2c(NCCC3CCCO3)ccnc12. The molecule has 100 valence electrons. The van der Waals surface area contributed by atoms with Crippen LogP contribution in [-0.2, 0) is 4.74 Å². The maximum Gasteiger partial charge on any atom is 0.0951 e. The van der Waals surface area contributed by atoms with E-state index < -0.39 is 0 Å². The van der Waals surface area contributed by atoms with Crippen LogP contribution in [0.15, 0.2) is 30.5 Å². The van der Waals surface area contributed by atoms with E-state index in [9.17, 15) is 0 Å². The van der Waals surface area contributed by atoms with Crippen LogP contribution in [0, 0.1) is 0 Å². The molecule has 3 rings (SSSR count). The first kappa shape index (κ1) is 12.2. The van der Waals surface area contributed by atoms with Crippen LogP contribution in [0.2, 0.25) is 0 Å². The second-order valence-electron chi connectivity index (χ2n) is 4.95. The molecular weight excluding hydrogens is 238 g/mol. The molecule has 3 N–H and O–H groups in total. The van der Waals surface area contributed by atoms with E-state index in [0.717, 1.165) is 41.9 Å². The zero-order valence-electron chi connectivity index (χ0n) is 10.9. The Morgan fingerprint density at radius 2 is 2.32 bits per heavy atom. The van der Waals surface area contributed by atoms with Gasteiger partial charge < -0.3 is 15.8 Å². The first-order chi connectivity index (χ1) is 9.34. The number of anilines is 2. The van der Waals surface area contributed by atoms with Crippen LogP contribution in [0.1, 0.15) is 19.3 Å². The fraction of sp³-hybridized carbons (Fsp3) is 0.400. The third kappa shape index (κ3) is 2.63. The summed E-state index contributed by atoms with van der Waals surface area (Å²) in [5.41, 5.74) is 8.62. The number of fused-ring (bicyclic) bond motifs is 1. The molecule has 1 aromatic heterocycles. The van der Waals surface area contributed by atoms with E-state index in [-0.39, 0.29) is 0 Å². The van der Waals surface area contributed by atoms with Crippen LogP contribution >= 0.6 is 0 Å². The average molecular weight is 257 g/mol. The Morgan fingerprint density at radius 3 is 3.16 bits per heavy atom. The van der Waals surface area contributed by atoms with Gasteiger partial charge in [-0.1, -0.05) is 12.1 Å². The Labute approximate surface area is 113 Å². The first-order valence-electron chi connectivity index (χ1n) is 6.83. The van der Waals surface area contributed by atoms with E-state index in [4.69, 9.17) is 10.5 Å². The second-order valence-corrected chi connectivity index (χ2v) is 4.95. The molecule has 0 bridgehead atoms. The molecule has 0 amide bonds. The minimum atomic E-state index is 0.422. The Balaban J connectivity index is 1.72. The highest BCUT2D eigenvalue weighted by Crippen LogP contribution is 2.25. The van der Waals surface area contributed by atoms with E-state index in [2.05, 4.69) is 10.3 Å². The number of hydrogen-bond donors (Lipinski definition) is 2. The zero-order valence-corrected chi connectivity index (χ0v) is 10.9. The number of nitrogens with one attached hydrogen (secondary N) is 1. The van der Waals surface area contributed by atoms with Crippen molar-refractivity contribution >= 4 is 22.3 Å². The summed E-state index contributed by atoms with van der Waals surface area (Å²) in [4.78, 5) is 4.34. The molecule has 0 aliphatic carbocycles. The highest BCUT2D eigenvalue weighted by atomic mass is 16.5. The van der Waals surface area contributed by atoms with Crippen molar-refractivity contribution in [2.24, 2.45) is 0 Å². The first-order valence-corrected chi connectivity index (χ1v) is 6.83. The molecule has 2 heterocycles. The van der Waals surface area contributed by atoms with Crippen LogP contribution in [0.25, 0.3) is 10.9 Å². The molecule has 1 aromatic carbocycles. The topological polar surface area (TPSA) is 60.2 Å². The van der Waals surface area contributed by atoms with Crippen molar-refractivity contribution in [2.45, 2.75) is 25.4 Å². The molecule has 4 nitrogen and oxygen atoms in total. The monoisotopic (exact) mass is 257 g/mol. The summed E-state index contributed by atoms with van der Waals surface area (Å²) in [6.07, 6.45) is 5.65. The van der Waals surface area contributed by atoms with Crippen molar-refractivity contribution in [2.75, 3.05) is 24.2 Å². The summed E-state index contributed by atoms with van der Waals surface area (Å²) in [6, 6.07) is 7.89. The zero-order chi connectivity index (χ0) is 13.1. The van der Waals surface area contributed by atoms with E-state index in [1.165, 1.54) is 12.8 Å². The third-order valence-electron chi connectivity index (χ3n) is 3.61. The quantitative estimate of drug-likeness (QED) is 0.827. The number of hydrogen-bond acceptors (Lipinski definition) is 4. The molecular formula is C15H19N3O. The van der Waals surface area contributed by atoms with Crippen molar-refractivity contribution in [3.8, 4) is 0 Å². The normalized spacial score (nSPS) is 18.8. The van der Waals surface area contributed by atoms with E-state index >= 15 is 0 Å². The van der Waals surface area contributed by atoms with Gasteiger partial charge in [-0.25, -0.2) is 0 Å². The van der Waals surface area contributed by atoms with Crippen molar-refractivity contribution in [1.82, 2.24) is 4.98 Å². The van der Waals surface area contributed by atoms with Crippen LogP contribution in [0.5, 0.6) is 0 Å². The van der Waals surface area contributed by atoms with Crippen molar-refractivity contribution in [3.05, 3.63) is 30.5 Å². The summed E-state index contributed by atoms with van der Waals surface area (Å²) in [6.45, 7) is 1.83. The smallest absolute Gasteiger partial charge is 0.0951 e. The summed E-state index contributed by atoms with van der Waals surface area (Å²) in [7, 11) is 0. The van der Waals surface area contributed by atoms with Gasteiger partial charge in [-0.3, -0.25) is 4.98 Å². The predicted octanol–water partition coefficient (Wildman–Crippen LogP) is 2.80. The highest BCUT2D eigenvalue weighted by Gasteiger charge is 2.14. The van der Waals surface area contributed by atoms with Gasteiger partial charge in [-0.2, -0.15) is 0 Å². The molecule has 0 radical (unpaired) electrons. The summed E-state index contributed by atoms with van der Waals surface area (Å²) >= 11 is 0. The van der Waals surface area contributed by atoms with Gasteiger partial charge in [0.25, 0.3) is 0 Å². The summed E-state index contributed by atoms with van der Waals surface area (Å²) < 4.78 is 5.63.